The summed E-state index contributed by atoms with van der Waals surface area (Å²) in [6, 6.07) is 12.6. The summed E-state index contributed by atoms with van der Waals surface area (Å²) >= 11 is 0. The molecule has 0 bridgehead atoms. The molecule has 0 atom stereocenters. The molecule has 3 heterocycles. The van der Waals surface area contributed by atoms with Crippen LogP contribution in [0.15, 0.2) is 47.3 Å². The number of hydrogen-bond acceptors (Lipinski definition) is 4. The Bertz CT molecular complexity index is 1230. The van der Waals surface area contributed by atoms with E-state index in [4.69, 9.17) is 0 Å². The number of rotatable bonds is 1. The van der Waals surface area contributed by atoms with E-state index in [-0.39, 0.29) is 5.56 Å². The molecular weight excluding hydrogens is 380 g/mol. The van der Waals surface area contributed by atoms with Gasteiger partial charge in [0.25, 0.3) is 5.56 Å². The first kappa shape index (κ1) is 18.5. The number of nitrogens with zero attached hydrogens (tertiary/aromatic N) is 3. The minimum atomic E-state index is -0.714. The smallest absolute Gasteiger partial charge is 0.316 e. The Morgan fingerprint density at radius 1 is 0.967 bits per heavy atom. The average molecular weight is 402 g/mol. The van der Waals surface area contributed by atoms with Gasteiger partial charge >= 0.3 is 11.8 Å². The number of amides is 2. The minimum absolute atomic E-state index is 0.0900. The number of aromatic nitrogens is 2. The predicted molar refractivity (Wildman–Crippen MR) is 115 cm³/mol. The van der Waals surface area contributed by atoms with Crippen LogP contribution in [0.4, 0.5) is 11.4 Å². The highest BCUT2D eigenvalue weighted by atomic mass is 16.2. The predicted octanol–water partition coefficient (Wildman–Crippen LogP) is 2.65. The molecular formula is C23H22N4O3. The van der Waals surface area contributed by atoms with Crippen LogP contribution in [0, 0.1) is 0 Å². The first-order chi connectivity index (χ1) is 14.6. The molecule has 2 aliphatic rings. The monoisotopic (exact) mass is 402 g/mol. The number of anilines is 2. The van der Waals surface area contributed by atoms with E-state index in [9.17, 15) is 14.4 Å². The standard InChI is InChI=1S/C23H22N4O3/c28-21(23(30)26-13-11-15-6-3-4-7-19(15)26)24-16-9-10-18-17(14-16)22(29)27-12-5-1-2-8-20(27)25-18/h3-4,6-7,9-10,14H,1-2,5,8,11-13H2,(H,24,28). The highest BCUT2D eigenvalue weighted by Crippen LogP contribution is 2.27. The molecule has 7 heteroatoms. The Hall–Kier alpha value is -3.48. The van der Waals surface area contributed by atoms with Gasteiger partial charge in [-0.25, -0.2) is 4.98 Å². The summed E-state index contributed by atoms with van der Waals surface area (Å²) in [6.45, 7) is 1.15. The second kappa shape index (κ2) is 7.40. The van der Waals surface area contributed by atoms with Crippen molar-refractivity contribution in [3.63, 3.8) is 0 Å². The third-order valence-corrected chi connectivity index (χ3v) is 5.90. The molecule has 0 spiro atoms. The van der Waals surface area contributed by atoms with Crippen LogP contribution in [0.1, 0.15) is 30.7 Å². The molecule has 1 aromatic heterocycles. The van der Waals surface area contributed by atoms with Crippen LogP contribution >= 0.6 is 0 Å². The van der Waals surface area contributed by atoms with Crippen LogP contribution in [0.3, 0.4) is 0 Å². The molecule has 2 aliphatic heterocycles. The number of carbonyl (C=O) groups is 2. The lowest BCUT2D eigenvalue weighted by Gasteiger charge is -2.17. The molecule has 30 heavy (non-hydrogen) atoms. The Morgan fingerprint density at radius 2 is 1.83 bits per heavy atom. The zero-order chi connectivity index (χ0) is 20.7. The molecule has 0 saturated heterocycles. The number of benzene rings is 2. The average Bonchev–Trinajstić information content (AvgIpc) is 3.04. The van der Waals surface area contributed by atoms with Crippen LogP contribution in [-0.4, -0.2) is 27.9 Å². The van der Waals surface area contributed by atoms with Crippen molar-refractivity contribution >= 4 is 34.1 Å². The van der Waals surface area contributed by atoms with Crippen molar-refractivity contribution in [2.45, 2.75) is 38.6 Å². The van der Waals surface area contributed by atoms with Crippen molar-refractivity contribution in [2.75, 3.05) is 16.8 Å². The third kappa shape index (κ3) is 3.16. The van der Waals surface area contributed by atoms with Crippen LogP contribution in [0.25, 0.3) is 10.9 Å². The summed E-state index contributed by atoms with van der Waals surface area (Å²) in [5, 5.41) is 3.11. The molecule has 3 aromatic rings. The van der Waals surface area contributed by atoms with Crippen molar-refractivity contribution in [1.82, 2.24) is 9.55 Å². The van der Waals surface area contributed by atoms with Crippen LogP contribution in [-0.2, 0) is 29.0 Å². The van der Waals surface area contributed by atoms with E-state index >= 15 is 0 Å². The molecule has 0 fully saturated rings. The molecule has 7 nitrogen and oxygen atoms in total. The van der Waals surface area contributed by atoms with Gasteiger partial charge in [-0.15, -0.1) is 0 Å². The highest BCUT2D eigenvalue weighted by Gasteiger charge is 2.29. The Balaban J connectivity index is 1.42. The van der Waals surface area contributed by atoms with Gasteiger partial charge in [-0.2, -0.15) is 0 Å². The van der Waals surface area contributed by atoms with Gasteiger partial charge in [-0.05, 0) is 49.1 Å². The summed E-state index contributed by atoms with van der Waals surface area (Å²) in [4.78, 5) is 44.5. The van der Waals surface area contributed by atoms with Gasteiger partial charge < -0.3 is 10.2 Å². The zero-order valence-electron chi connectivity index (χ0n) is 16.6. The topological polar surface area (TPSA) is 84.3 Å². The second-order valence-electron chi connectivity index (χ2n) is 7.82. The van der Waals surface area contributed by atoms with Crippen molar-refractivity contribution in [3.8, 4) is 0 Å². The molecule has 0 aliphatic carbocycles. The normalized spacial score (nSPS) is 15.4. The van der Waals surface area contributed by atoms with Crippen LogP contribution in [0.5, 0.6) is 0 Å². The third-order valence-electron chi connectivity index (χ3n) is 5.90. The number of nitrogens with one attached hydrogen (secondary N) is 1. The van der Waals surface area contributed by atoms with Crippen molar-refractivity contribution in [3.05, 3.63) is 64.2 Å². The van der Waals surface area contributed by atoms with E-state index in [1.807, 2.05) is 24.3 Å². The van der Waals surface area contributed by atoms with Gasteiger partial charge in [0.1, 0.15) is 5.82 Å². The number of aryl methyl sites for hydroxylation is 1. The first-order valence-corrected chi connectivity index (χ1v) is 10.4. The number of carbonyl (C=O) groups excluding carboxylic acids is 2. The maximum absolute atomic E-state index is 13.0. The number of para-hydroxylation sites is 1. The van der Waals surface area contributed by atoms with E-state index in [1.54, 1.807) is 22.8 Å². The Labute approximate surface area is 173 Å². The summed E-state index contributed by atoms with van der Waals surface area (Å²) in [5.41, 5.74) is 2.78. The summed E-state index contributed by atoms with van der Waals surface area (Å²) in [6.07, 6.45) is 4.62. The van der Waals surface area contributed by atoms with Crippen LogP contribution < -0.4 is 15.8 Å². The number of fused-ring (bicyclic) bond motifs is 3. The lowest BCUT2D eigenvalue weighted by Crippen LogP contribution is -2.38. The molecule has 0 saturated carbocycles. The Kier molecular flexibility index (Phi) is 4.58. The summed E-state index contributed by atoms with van der Waals surface area (Å²) in [5.74, 6) is -0.490. The fourth-order valence-corrected chi connectivity index (χ4v) is 4.35. The maximum Gasteiger partial charge on any atom is 0.316 e. The summed E-state index contributed by atoms with van der Waals surface area (Å²) in [7, 11) is 0. The molecule has 2 amide bonds. The fourth-order valence-electron chi connectivity index (χ4n) is 4.35. The molecule has 5 rings (SSSR count). The minimum Gasteiger partial charge on any atom is -0.318 e. The Morgan fingerprint density at radius 3 is 2.73 bits per heavy atom. The van der Waals surface area contributed by atoms with Crippen LogP contribution in [0.2, 0.25) is 0 Å². The first-order valence-electron chi connectivity index (χ1n) is 10.4. The van der Waals surface area contributed by atoms with E-state index in [0.29, 0.717) is 29.7 Å². The lowest BCUT2D eigenvalue weighted by atomic mass is 10.2. The van der Waals surface area contributed by atoms with Gasteiger partial charge in [0.15, 0.2) is 0 Å². The van der Waals surface area contributed by atoms with Gasteiger partial charge in [0, 0.05) is 30.9 Å². The van der Waals surface area contributed by atoms with E-state index in [1.165, 1.54) is 4.90 Å². The van der Waals surface area contributed by atoms with Gasteiger partial charge in [0.05, 0.1) is 10.9 Å². The number of hydrogen-bond donors (Lipinski definition) is 1. The fraction of sp³-hybridized carbons (Fsp3) is 0.304. The zero-order valence-corrected chi connectivity index (χ0v) is 16.6. The highest BCUT2D eigenvalue weighted by molar-refractivity contribution is 6.44. The van der Waals surface area contributed by atoms with Crippen molar-refractivity contribution in [2.24, 2.45) is 0 Å². The van der Waals surface area contributed by atoms with E-state index in [2.05, 4.69) is 10.3 Å². The summed E-state index contributed by atoms with van der Waals surface area (Å²) < 4.78 is 1.74. The second-order valence-corrected chi connectivity index (χ2v) is 7.82. The SMILES string of the molecule is O=C(Nc1ccc2nc3n(c(=O)c2c1)CCCCC3)C(=O)N1CCc2ccccc21. The quantitative estimate of drug-likeness (QED) is 0.634. The van der Waals surface area contributed by atoms with Gasteiger partial charge in [-0.1, -0.05) is 24.6 Å². The molecule has 152 valence electrons. The lowest BCUT2D eigenvalue weighted by molar-refractivity contribution is -0.134. The molecule has 0 unspecified atom stereocenters. The maximum atomic E-state index is 13.0. The van der Waals surface area contributed by atoms with E-state index in [0.717, 1.165) is 49.2 Å². The molecule has 1 N–H and O–H groups in total. The molecule has 2 aromatic carbocycles. The van der Waals surface area contributed by atoms with Crippen molar-refractivity contribution in [1.29, 1.82) is 0 Å². The molecule has 0 radical (unpaired) electrons. The van der Waals surface area contributed by atoms with Gasteiger partial charge in [-0.3, -0.25) is 19.0 Å². The van der Waals surface area contributed by atoms with Gasteiger partial charge in [0.2, 0.25) is 0 Å². The van der Waals surface area contributed by atoms with Crippen molar-refractivity contribution < 1.29 is 9.59 Å². The largest absolute Gasteiger partial charge is 0.318 e. The van der Waals surface area contributed by atoms with E-state index < -0.39 is 11.8 Å².